The minimum Gasteiger partial charge on any atom is -0.483 e. The first-order chi connectivity index (χ1) is 6.35. The van der Waals surface area contributed by atoms with E-state index in [2.05, 4.69) is 0 Å². The number of rotatable bonds is 4. The third-order valence-electron chi connectivity index (χ3n) is 1.49. The molecule has 0 aromatic heterocycles. The molecule has 1 aliphatic rings. The zero-order valence-corrected chi connectivity index (χ0v) is 7.52. The van der Waals surface area contributed by atoms with Crippen molar-refractivity contribution in [2.75, 3.05) is 19.8 Å². The molecule has 0 aromatic carbocycles. The molecular formula is C8H16O5. The fourth-order valence-corrected chi connectivity index (χ4v) is 0.959. The van der Waals surface area contributed by atoms with Gasteiger partial charge < -0.3 is 19.7 Å². The van der Waals surface area contributed by atoms with Crippen molar-refractivity contribution < 1.29 is 24.5 Å². The zero-order chi connectivity index (χ0) is 9.94. The van der Waals surface area contributed by atoms with Gasteiger partial charge in [0.1, 0.15) is 0 Å². The quantitative estimate of drug-likeness (QED) is 0.492. The van der Waals surface area contributed by atoms with Gasteiger partial charge in [0.05, 0.1) is 6.61 Å². The summed E-state index contributed by atoms with van der Waals surface area (Å²) < 4.78 is 10.5. The van der Waals surface area contributed by atoms with Crippen LogP contribution in [0.25, 0.3) is 0 Å². The molecule has 1 heterocycles. The van der Waals surface area contributed by atoms with Gasteiger partial charge in [0.2, 0.25) is 0 Å². The SMILES string of the molecule is O=CO.OCCCOC1CCCO1. The summed E-state index contributed by atoms with van der Waals surface area (Å²) in [5.74, 6) is 0. The first kappa shape index (κ1) is 12.3. The van der Waals surface area contributed by atoms with Crippen LogP contribution in [0.4, 0.5) is 0 Å². The average Bonchev–Trinajstić information content (AvgIpc) is 2.59. The standard InChI is InChI=1S/C7H14O3.CH2O2/c8-4-2-6-10-7-3-1-5-9-7;2-1-3/h7-8H,1-6H2;1H,(H,2,3). The van der Waals surface area contributed by atoms with E-state index < -0.39 is 0 Å². The Morgan fingerprint density at radius 3 is 2.77 bits per heavy atom. The Labute approximate surface area is 77.3 Å². The molecular weight excluding hydrogens is 176 g/mol. The Bertz CT molecular complexity index is 111. The smallest absolute Gasteiger partial charge is 0.290 e. The van der Waals surface area contributed by atoms with Crippen LogP contribution in [-0.2, 0) is 14.3 Å². The summed E-state index contributed by atoms with van der Waals surface area (Å²) in [6, 6.07) is 0. The van der Waals surface area contributed by atoms with Crippen LogP contribution >= 0.6 is 0 Å². The summed E-state index contributed by atoms with van der Waals surface area (Å²) in [6.07, 6.45) is 2.82. The lowest BCUT2D eigenvalue weighted by molar-refractivity contribution is -0.122. The van der Waals surface area contributed by atoms with Crippen molar-refractivity contribution in [3.8, 4) is 0 Å². The molecule has 0 amide bonds. The first-order valence-corrected chi connectivity index (χ1v) is 4.27. The van der Waals surface area contributed by atoms with Gasteiger partial charge in [0, 0.05) is 19.6 Å². The predicted octanol–water partition coefficient (Wildman–Crippen LogP) is 0.223. The number of aliphatic hydroxyl groups is 1. The van der Waals surface area contributed by atoms with E-state index in [1.165, 1.54) is 0 Å². The van der Waals surface area contributed by atoms with Crippen LogP contribution in [0.3, 0.4) is 0 Å². The van der Waals surface area contributed by atoms with Gasteiger partial charge in [-0.2, -0.15) is 0 Å². The highest BCUT2D eigenvalue weighted by molar-refractivity contribution is 5.32. The molecule has 1 aliphatic heterocycles. The predicted molar refractivity (Wildman–Crippen MR) is 45.3 cm³/mol. The number of aliphatic hydroxyl groups excluding tert-OH is 1. The minimum absolute atomic E-state index is 0.00606. The van der Waals surface area contributed by atoms with Gasteiger partial charge in [-0.1, -0.05) is 0 Å². The number of hydrogen-bond acceptors (Lipinski definition) is 4. The Morgan fingerprint density at radius 1 is 1.62 bits per heavy atom. The van der Waals surface area contributed by atoms with Crippen LogP contribution < -0.4 is 0 Å². The van der Waals surface area contributed by atoms with E-state index in [1.54, 1.807) is 0 Å². The lowest BCUT2D eigenvalue weighted by Crippen LogP contribution is -2.11. The molecule has 78 valence electrons. The molecule has 0 aromatic rings. The fourth-order valence-electron chi connectivity index (χ4n) is 0.959. The lowest BCUT2D eigenvalue weighted by Gasteiger charge is -2.09. The summed E-state index contributed by atoms with van der Waals surface area (Å²) in [4.78, 5) is 8.36. The van der Waals surface area contributed by atoms with Crippen LogP contribution in [0.1, 0.15) is 19.3 Å². The van der Waals surface area contributed by atoms with E-state index in [-0.39, 0.29) is 19.4 Å². The maximum absolute atomic E-state index is 8.42. The number of carboxylic acid groups (broad SMARTS) is 1. The Balaban J connectivity index is 0.000000424. The molecule has 13 heavy (non-hydrogen) atoms. The van der Waals surface area contributed by atoms with Crippen molar-refractivity contribution in [2.24, 2.45) is 0 Å². The molecule has 0 radical (unpaired) electrons. The molecule has 1 unspecified atom stereocenters. The summed E-state index contributed by atoms with van der Waals surface area (Å²) in [7, 11) is 0. The van der Waals surface area contributed by atoms with Gasteiger partial charge in [-0.25, -0.2) is 0 Å². The van der Waals surface area contributed by atoms with Gasteiger partial charge >= 0.3 is 0 Å². The molecule has 5 nitrogen and oxygen atoms in total. The molecule has 0 aliphatic carbocycles. The summed E-state index contributed by atoms with van der Waals surface area (Å²) >= 11 is 0. The molecule has 1 atom stereocenters. The highest BCUT2D eigenvalue weighted by Gasteiger charge is 2.14. The van der Waals surface area contributed by atoms with E-state index in [9.17, 15) is 0 Å². The highest BCUT2D eigenvalue weighted by Crippen LogP contribution is 2.12. The molecule has 0 saturated carbocycles. The van der Waals surface area contributed by atoms with E-state index in [0.717, 1.165) is 19.4 Å². The van der Waals surface area contributed by atoms with Gasteiger partial charge in [-0.15, -0.1) is 0 Å². The van der Waals surface area contributed by atoms with Crippen LogP contribution in [0, 0.1) is 0 Å². The van der Waals surface area contributed by atoms with Crippen LogP contribution in [-0.4, -0.2) is 42.8 Å². The van der Waals surface area contributed by atoms with Crippen LogP contribution in [0.15, 0.2) is 0 Å². The molecule has 2 N–H and O–H groups in total. The molecule has 1 saturated heterocycles. The number of carbonyl (C=O) groups is 1. The largest absolute Gasteiger partial charge is 0.483 e. The third kappa shape index (κ3) is 7.70. The molecule has 0 bridgehead atoms. The maximum atomic E-state index is 8.42. The highest BCUT2D eigenvalue weighted by atomic mass is 16.7. The third-order valence-corrected chi connectivity index (χ3v) is 1.49. The molecule has 0 spiro atoms. The summed E-state index contributed by atoms with van der Waals surface area (Å²) in [6.45, 7) is 1.39. The maximum Gasteiger partial charge on any atom is 0.290 e. The lowest BCUT2D eigenvalue weighted by atomic mass is 10.4. The second-order valence-corrected chi connectivity index (χ2v) is 2.50. The van der Waals surface area contributed by atoms with Crippen LogP contribution in [0.5, 0.6) is 0 Å². The van der Waals surface area contributed by atoms with Gasteiger partial charge in [0.25, 0.3) is 6.47 Å². The van der Waals surface area contributed by atoms with Crippen molar-refractivity contribution in [1.82, 2.24) is 0 Å². The van der Waals surface area contributed by atoms with Crippen molar-refractivity contribution in [3.05, 3.63) is 0 Å². The fraction of sp³-hybridized carbons (Fsp3) is 0.875. The van der Waals surface area contributed by atoms with E-state index in [1.807, 2.05) is 0 Å². The average molecular weight is 192 g/mol. The van der Waals surface area contributed by atoms with Gasteiger partial charge in [0.15, 0.2) is 6.29 Å². The van der Waals surface area contributed by atoms with Crippen molar-refractivity contribution in [1.29, 1.82) is 0 Å². The van der Waals surface area contributed by atoms with Crippen molar-refractivity contribution in [3.63, 3.8) is 0 Å². The van der Waals surface area contributed by atoms with Gasteiger partial charge in [-0.3, -0.25) is 4.79 Å². The number of hydrogen-bond donors (Lipinski definition) is 2. The van der Waals surface area contributed by atoms with E-state index in [4.69, 9.17) is 24.5 Å². The summed E-state index contributed by atoms with van der Waals surface area (Å²) in [5, 5.41) is 15.3. The molecule has 5 heteroatoms. The Hall–Kier alpha value is -0.650. The van der Waals surface area contributed by atoms with E-state index >= 15 is 0 Å². The monoisotopic (exact) mass is 192 g/mol. The Morgan fingerprint density at radius 2 is 2.31 bits per heavy atom. The topological polar surface area (TPSA) is 76.0 Å². The zero-order valence-electron chi connectivity index (χ0n) is 7.52. The normalized spacial score (nSPS) is 20.5. The first-order valence-electron chi connectivity index (χ1n) is 4.27. The Kier molecular flexibility index (Phi) is 8.97. The summed E-state index contributed by atoms with van der Waals surface area (Å²) in [5.41, 5.74) is 0. The molecule has 1 rings (SSSR count). The van der Waals surface area contributed by atoms with Crippen molar-refractivity contribution in [2.45, 2.75) is 25.6 Å². The molecule has 1 fully saturated rings. The second kappa shape index (κ2) is 9.44. The van der Waals surface area contributed by atoms with Crippen molar-refractivity contribution >= 4 is 6.47 Å². The number of ether oxygens (including phenoxy) is 2. The minimum atomic E-state index is -0.250. The van der Waals surface area contributed by atoms with Gasteiger partial charge in [-0.05, 0) is 12.8 Å². The second-order valence-electron chi connectivity index (χ2n) is 2.50. The van der Waals surface area contributed by atoms with E-state index in [0.29, 0.717) is 13.0 Å². The van der Waals surface area contributed by atoms with Crippen LogP contribution in [0.2, 0.25) is 0 Å².